The van der Waals surface area contributed by atoms with Gasteiger partial charge >= 0.3 is 0 Å². The van der Waals surface area contributed by atoms with Crippen molar-refractivity contribution in [2.24, 2.45) is 0 Å². The third-order valence-electron chi connectivity index (χ3n) is 1.67. The lowest BCUT2D eigenvalue weighted by atomic mass is 10.0. The molecule has 0 unspecified atom stereocenters. The molecule has 0 radical (unpaired) electrons. The number of Topliss-reactive ketones (excluding diaryl/α,β-unsaturated/α-hetero) is 1. The van der Waals surface area contributed by atoms with E-state index < -0.39 is 42.8 Å². The van der Waals surface area contributed by atoms with E-state index in [1.807, 2.05) is 0 Å². The summed E-state index contributed by atoms with van der Waals surface area (Å²) in [5, 5.41) is 53.6. The molecule has 0 aliphatic heterocycles. The van der Waals surface area contributed by atoms with Crippen LogP contribution in [0.3, 0.4) is 0 Å². The Hall–Kier alpha value is -1.06. The lowest BCUT2D eigenvalue weighted by Crippen LogP contribution is -2.46. The Balaban J connectivity index is 4.27. The largest absolute Gasteiger partial charge is 0.542 e. The van der Waals surface area contributed by atoms with Crippen LogP contribution in [0.5, 0.6) is 0 Å². The first-order valence-electron chi connectivity index (χ1n) is 3.92. The summed E-state index contributed by atoms with van der Waals surface area (Å²) in [5.74, 6) is -3.51. The summed E-state index contributed by atoms with van der Waals surface area (Å²) in [6, 6.07) is 0. The van der Waals surface area contributed by atoms with Crippen LogP contribution in [0.1, 0.15) is 6.42 Å². The van der Waals surface area contributed by atoms with E-state index in [2.05, 4.69) is 0 Å². The molecule has 0 saturated heterocycles. The molecule has 0 bridgehead atoms. The van der Waals surface area contributed by atoms with Gasteiger partial charge < -0.3 is 35.4 Å². The Morgan fingerprint density at radius 3 is 1.80 bits per heavy atom. The molecule has 8 nitrogen and oxygen atoms in total. The van der Waals surface area contributed by atoms with Crippen LogP contribution in [0.2, 0.25) is 0 Å². The van der Waals surface area contributed by atoms with Crippen LogP contribution in [0.15, 0.2) is 0 Å². The van der Waals surface area contributed by atoms with Gasteiger partial charge in [0.1, 0.15) is 18.2 Å². The number of hydrogen-bond acceptors (Lipinski definition) is 8. The summed E-state index contributed by atoms with van der Waals surface area (Å²) in [4.78, 5) is 20.5. The highest BCUT2D eigenvalue weighted by molar-refractivity contribution is 6.31. The normalized spacial score (nSPS) is 17.2. The summed E-state index contributed by atoms with van der Waals surface area (Å²) in [6.45, 7) is 0. The van der Waals surface area contributed by atoms with Gasteiger partial charge in [0, 0.05) is 6.42 Å². The van der Waals surface area contributed by atoms with Gasteiger partial charge in [0.25, 0.3) is 0 Å². The molecule has 0 amide bonds. The van der Waals surface area contributed by atoms with Crippen LogP contribution < -0.4 is 5.11 Å². The fourth-order valence-electron chi connectivity index (χ4n) is 0.798. The summed E-state index contributed by atoms with van der Waals surface area (Å²) < 4.78 is 0. The zero-order valence-corrected chi connectivity index (χ0v) is 7.48. The molecule has 0 spiro atoms. The number of carbonyl (C=O) groups excluding carboxylic acids is 2. The molecule has 0 heterocycles. The number of rotatable bonds is 6. The van der Waals surface area contributed by atoms with Crippen molar-refractivity contribution in [3.63, 3.8) is 0 Å². The minimum Gasteiger partial charge on any atom is -0.542 e. The number of aliphatic hydroxyl groups excluding tert-OH is 4. The molecule has 5 N–H and O–H groups in total. The fourth-order valence-corrected chi connectivity index (χ4v) is 0.798. The SMILES string of the molecule is O=C([O-])C(=O)C[C@@H](O)[C@@H](O)[C@H](O)C(O)O. The second-order valence-corrected chi connectivity index (χ2v) is 2.88. The minimum absolute atomic E-state index is 0.993. The van der Waals surface area contributed by atoms with Gasteiger partial charge in [-0.25, -0.2) is 0 Å². The number of carbonyl (C=O) groups is 2. The number of carboxylic acids is 1. The topological polar surface area (TPSA) is 158 Å². The van der Waals surface area contributed by atoms with Crippen molar-refractivity contribution >= 4 is 11.8 Å². The monoisotopic (exact) mass is 223 g/mol. The van der Waals surface area contributed by atoms with E-state index in [0.717, 1.165) is 0 Å². The number of carboxylic acid groups (broad SMARTS) is 1. The molecular weight excluding hydrogens is 212 g/mol. The van der Waals surface area contributed by atoms with E-state index in [4.69, 9.17) is 25.5 Å². The van der Waals surface area contributed by atoms with E-state index in [-0.39, 0.29) is 0 Å². The van der Waals surface area contributed by atoms with Gasteiger partial charge in [0.2, 0.25) is 0 Å². The highest BCUT2D eigenvalue weighted by atomic mass is 16.5. The average molecular weight is 223 g/mol. The van der Waals surface area contributed by atoms with Gasteiger partial charge in [-0.1, -0.05) is 0 Å². The zero-order valence-electron chi connectivity index (χ0n) is 7.48. The van der Waals surface area contributed by atoms with Crippen LogP contribution in [-0.4, -0.2) is 61.9 Å². The Labute approximate surface area is 84.0 Å². The van der Waals surface area contributed by atoms with Gasteiger partial charge in [-0.05, 0) is 0 Å². The molecule has 0 rings (SSSR count). The number of aliphatic hydroxyl groups is 5. The van der Waals surface area contributed by atoms with Crippen molar-refractivity contribution in [3.8, 4) is 0 Å². The van der Waals surface area contributed by atoms with Crippen molar-refractivity contribution in [2.45, 2.75) is 31.0 Å². The maximum absolute atomic E-state index is 10.5. The van der Waals surface area contributed by atoms with Crippen molar-refractivity contribution in [3.05, 3.63) is 0 Å². The Bertz CT molecular complexity index is 237. The minimum atomic E-state index is -2.31. The molecule has 0 aliphatic rings. The summed E-state index contributed by atoms with van der Waals surface area (Å²) in [7, 11) is 0. The van der Waals surface area contributed by atoms with Gasteiger partial charge in [0.05, 0.1) is 6.10 Å². The molecule has 15 heavy (non-hydrogen) atoms. The van der Waals surface area contributed by atoms with E-state index in [1.165, 1.54) is 0 Å². The number of aliphatic carboxylic acids is 1. The highest BCUT2D eigenvalue weighted by Gasteiger charge is 2.30. The molecule has 0 aromatic heterocycles. The quantitative estimate of drug-likeness (QED) is 0.221. The van der Waals surface area contributed by atoms with Gasteiger partial charge in [-0.3, -0.25) is 4.79 Å². The zero-order chi connectivity index (χ0) is 12.2. The third-order valence-corrected chi connectivity index (χ3v) is 1.67. The van der Waals surface area contributed by atoms with Crippen molar-refractivity contribution in [1.29, 1.82) is 0 Å². The van der Waals surface area contributed by atoms with Crippen LogP contribution in [0, 0.1) is 0 Å². The Morgan fingerprint density at radius 2 is 1.47 bits per heavy atom. The van der Waals surface area contributed by atoms with Crippen LogP contribution >= 0.6 is 0 Å². The Kier molecular flexibility index (Phi) is 5.33. The van der Waals surface area contributed by atoms with Crippen molar-refractivity contribution in [1.82, 2.24) is 0 Å². The average Bonchev–Trinajstić information content (AvgIpc) is 2.14. The predicted octanol–water partition coefficient (Wildman–Crippen LogP) is -4.91. The van der Waals surface area contributed by atoms with Crippen LogP contribution in [0.25, 0.3) is 0 Å². The van der Waals surface area contributed by atoms with Crippen LogP contribution in [-0.2, 0) is 9.59 Å². The molecule has 88 valence electrons. The second kappa shape index (κ2) is 5.73. The molecular formula is C7H11O8-. The van der Waals surface area contributed by atoms with Crippen molar-refractivity contribution in [2.75, 3.05) is 0 Å². The predicted molar refractivity (Wildman–Crippen MR) is 40.9 cm³/mol. The first-order valence-corrected chi connectivity index (χ1v) is 3.92. The van der Waals surface area contributed by atoms with Gasteiger partial charge in [-0.15, -0.1) is 0 Å². The smallest absolute Gasteiger partial charge is 0.180 e. The molecule has 0 aliphatic carbocycles. The van der Waals surface area contributed by atoms with Crippen LogP contribution in [0.4, 0.5) is 0 Å². The van der Waals surface area contributed by atoms with E-state index >= 15 is 0 Å². The van der Waals surface area contributed by atoms with E-state index in [1.54, 1.807) is 0 Å². The maximum Gasteiger partial charge on any atom is 0.180 e. The summed E-state index contributed by atoms with van der Waals surface area (Å²) in [5.41, 5.74) is 0. The molecule has 0 aromatic carbocycles. The lowest BCUT2D eigenvalue weighted by Gasteiger charge is -2.23. The number of ketones is 1. The lowest BCUT2D eigenvalue weighted by molar-refractivity contribution is -0.300. The maximum atomic E-state index is 10.5. The van der Waals surface area contributed by atoms with Crippen molar-refractivity contribution < 1.29 is 40.2 Å². The molecule has 8 heteroatoms. The first kappa shape index (κ1) is 13.9. The summed E-state index contributed by atoms with van der Waals surface area (Å²) in [6.07, 6.45) is -9.38. The Morgan fingerprint density at radius 1 is 1.00 bits per heavy atom. The first-order chi connectivity index (χ1) is 6.77. The number of hydrogen-bond donors (Lipinski definition) is 5. The third kappa shape index (κ3) is 4.32. The summed E-state index contributed by atoms with van der Waals surface area (Å²) >= 11 is 0. The van der Waals surface area contributed by atoms with E-state index in [9.17, 15) is 14.7 Å². The second-order valence-electron chi connectivity index (χ2n) is 2.88. The molecule has 0 aromatic rings. The van der Waals surface area contributed by atoms with E-state index in [0.29, 0.717) is 0 Å². The van der Waals surface area contributed by atoms with Gasteiger partial charge in [0.15, 0.2) is 12.1 Å². The molecule has 0 saturated carbocycles. The highest BCUT2D eigenvalue weighted by Crippen LogP contribution is 2.07. The standard InChI is InChI=1S/C7H12O8/c8-2(1-3(9)6(12)13)4(10)5(11)7(14)15/h2,4-5,7-8,10-11,14-15H,1H2,(H,12,13)/p-1/t2-,4-,5+/m1/s1. The fraction of sp³-hybridized carbons (Fsp3) is 0.714. The molecule has 3 atom stereocenters. The molecule has 0 fully saturated rings. The van der Waals surface area contributed by atoms with Gasteiger partial charge in [-0.2, -0.15) is 0 Å².